The Bertz CT molecular complexity index is 859. The number of nitrogens with zero attached hydrogens (tertiary/aromatic N) is 1. The number of ether oxygens (including phenoxy) is 2. The number of anilines is 2. The van der Waals surface area contributed by atoms with Gasteiger partial charge in [-0.25, -0.2) is 0 Å². The molecule has 6 nitrogen and oxygen atoms in total. The van der Waals surface area contributed by atoms with E-state index in [0.29, 0.717) is 35.9 Å². The van der Waals surface area contributed by atoms with Gasteiger partial charge in [-0.05, 0) is 63.2 Å². The topological polar surface area (TPSA) is 67.9 Å². The van der Waals surface area contributed by atoms with E-state index in [2.05, 4.69) is 5.32 Å². The van der Waals surface area contributed by atoms with Gasteiger partial charge in [-0.1, -0.05) is 0 Å². The van der Waals surface area contributed by atoms with Crippen molar-refractivity contribution in [1.29, 1.82) is 0 Å². The molecule has 0 radical (unpaired) electrons. The summed E-state index contributed by atoms with van der Waals surface area (Å²) in [5, 5.41) is 2.86. The Morgan fingerprint density at radius 3 is 2.59 bits per heavy atom. The summed E-state index contributed by atoms with van der Waals surface area (Å²) in [6.07, 6.45) is 0. The minimum absolute atomic E-state index is 0.0313. The highest BCUT2D eigenvalue weighted by Gasteiger charge is 2.36. The Hall–Kier alpha value is -3.02. The molecule has 2 amide bonds. The Morgan fingerprint density at radius 2 is 1.93 bits per heavy atom. The zero-order valence-electron chi connectivity index (χ0n) is 16.0. The fourth-order valence-electron chi connectivity index (χ4n) is 2.94. The molecule has 6 heteroatoms. The van der Waals surface area contributed by atoms with E-state index >= 15 is 0 Å². The first kappa shape index (κ1) is 18.8. The molecule has 1 heterocycles. The largest absolute Gasteiger partial charge is 0.494 e. The second-order valence-electron chi connectivity index (χ2n) is 7.13. The van der Waals surface area contributed by atoms with Crippen LogP contribution in [-0.4, -0.2) is 32.1 Å². The molecule has 1 aliphatic heterocycles. The van der Waals surface area contributed by atoms with E-state index in [1.54, 1.807) is 54.4 Å². The van der Waals surface area contributed by atoms with Gasteiger partial charge in [0, 0.05) is 18.3 Å². The molecule has 2 aromatic carbocycles. The lowest BCUT2D eigenvalue weighted by Gasteiger charge is -2.24. The van der Waals surface area contributed by atoms with Crippen molar-refractivity contribution in [3.05, 3.63) is 48.0 Å². The smallest absolute Gasteiger partial charge is 0.255 e. The normalized spacial score (nSPS) is 15.4. The van der Waals surface area contributed by atoms with Crippen LogP contribution in [0.1, 0.15) is 31.1 Å². The summed E-state index contributed by atoms with van der Waals surface area (Å²) in [4.78, 5) is 26.7. The average molecular weight is 368 g/mol. The number of benzene rings is 2. The number of carbonyl (C=O) groups is 2. The van der Waals surface area contributed by atoms with Gasteiger partial charge in [0.1, 0.15) is 18.1 Å². The fraction of sp³-hybridized carbons (Fsp3) is 0.333. The number of hydrogen-bond acceptors (Lipinski definition) is 4. The van der Waals surface area contributed by atoms with Crippen molar-refractivity contribution >= 4 is 23.2 Å². The molecular weight excluding hydrogens is 344 g/mol. The minimum Gasteiger partial charge on any atom is -0.494 e. The van der Waals surface area contributed by atoms with Crippen LogP contribution in [-0.2, 0) is 4.79 Å². The second-order valence-corrected chi connectivity index (χ2v) is 7.13. The van der Waals surface area contributed by atoms with Crippen LogP contribution in [0.3, 0.4) is 0 Å². The lowest BCUT2D eigenvalue weighted by molar-refractivity contribution is -0.127. The van der Waals surface area contributed by atoms with E-state index in [1.165, 1.54) is 0 Å². The number of rotatable bonds is 4. The highest BCUT2D eigenvalue weighted by molar-refractivity contribution is 6.05. The van der Waals surface area contributed by atoms with Crippen LogP contribution >= 0.6 is 0 Å². The Kier molecular flexibility index (Phi) is 5.08. The second kappa shape index (κ2) is 7.31. The van der Waals surface area contributed by atoms with Crippen LogP contribution in [0.2, 0.25) is 0 Å². The molecule has 0 fully saturated rings. The Labute approximate surface area is 159 Å². The van der Waals surface area contributed by atoms with Crippen molar-refractivity contribution in [2.45, 2.75) is 20.8 Å². The molecule has 0 spiro atoms. The van der Waals surface area contributed by atoms with Crippen LogP contribution in [0.15, 0.2) is 42.5 Å². The third-order valence-electron chi connectivity index (χ3n) is 4.48. The van der Waals surface area contributed by atoms with Crippen LogP contribution in [0.5, 0.6) is 11.5 Å². The highest BCUT2D eigenvalue weighted by atomic mass is 16.5. The van der Waals surface area contributed by atoms with Crippen molar-refractivity contribution in [2.24, 2.45) is 5.41 Å². The molecule has 0 atom stereocenters. The molecule has 0 aliphatic carbocycles. The van der Waals surface area contributed by atoms with E-state index in [-0.39, 0.29) is 11.8 Å². The number of carbonyl (C=O) groups excluding carboxylic acids is 2. The molecule has 2 aromatic rings. The first-order valence-corrected chi connectivity index (χ1v) is 8.91. The van der Waals surface area contributed by atoms with E-state index < -0.39 is 5.41 Å². The Morgan fingerprint density at radius 1 is 1.22 bits per heavy atom. The number of fused-ring (bicyclic) bond motifs is 1. The van der Waals surface area contributed by atoms with Gasteiger partial charge in [-0.2, -0.15) is 0 Å². The lowest BCUT2D eigenvalue weighted by atomic mass is 9.93. The Balaban J connectivity index is 1.80. The summed E-state index contributed by atoms with van der Waals surface area (Å²) in [6, 6.07) is 12.2. The summed E-state index contributed by atoms with van der Waals surface area (Å²) in [6.45, 7) is 6.50. The molecule has 0 saturated carbocycles. The molecule has 1 aliphatic rings. The van der Waals surface area contributed by atoms with Gasteiger partial charge in [0.2, 0.25) is 5.91 Å². The number of hydrogen-bond donors (Lipinski definition) is 1. The SMILES string of the molecule is CCOc1ccc(C(=O)Nc2ccc3c(c2)N(C)C(=O)C(C)(C)CO3)cc1. The van der Waals surface area contributed by atoms with Crippen molar-refractivity contribution < 1.29 is 19.1 Å². The van der Waals surface area contributed by atoms with Gasteiger partial charge in [0.05, 0.1) is 17.7 Å². The van der Waals surface area contributed by atoms with Crippen LogP contribution in [0.4, 0.5) is 11.4 Å². The zero-order valence-corrected chi connectivity index (χ0v) is 16.0. The van der Waals surface area contributed by atoms with Crippen molar-refractivity contribution in [3.63, 3.8) is 0 Å². The maximum Gasteiger partial charge on any atom is 0.255 e. The zero-order chi connectivity index (χ0) is 19.6. The predicted molar refractivity (Wildman–Crippen MR) is 105 cm³/mol. The third kappa shape index (κ3) is 3.89. The summed E-state index contributed by atoms with van der Waals surface area (Å²) < 4.78 is 11.2. The van der Waals surface area contributed by atoms with Gasteiger partial charge in [-0.3, -0.25) is 9.59 Å². The van der Waals surface area contributed by atoms with Crippen molar-refractivity contribution in [3.8, 4) is 11.5 Å². The highest BCUT2D eigenvalue weighted by Crippen LogP contribution is 2.37. The summed E-state index contributed by atoms with van der Waals surface area (Å²) in [5.41, 5.74) is 1.14. The van der Waals surface area contributed by atoms with E-state index in [4.69, 9.17) is 9.47 Å². The maximum absolute atomic E-state index is 12.6. The van der Waals surface area contributed by atoms with Crippen LogP contribution < -0.4 is 19.7 Å². The van der Waals surface area contributed by atoms with Gasteiger partial charge < -0.3 is 19.7 Å². The molecule has 27 heavy (non-hydrogen) atoms. The molecule has 142 valence electrons. The van der Waals surface area contributed by atoms with Gasteiger partial charge in [0.15, 0.2) is 0 Å². The van der Waals surface area contributed by atoms with E-state index in [9.17, 15) is 9.59 Å². The van der Waals surface area contributed by atoms with Gasteiger partial charge in [0.25, 0.3) is 5.91 Å². The maximum atomic E-state index is 12.6. The molecule has 0 aromatic heterocycles. The quantitative estimate of drug-likeness (QED) is 0.893. The lowest BCUT2D eigenvalue weighted by Crippen LogP contribution is -2.39. The predicted octanol–water partition coefficient (Wildman–Crippen LogP) is 3.72. The fourth-order valence-corrected chi connectivity index (χ4v) is 2.94. The number of nitrogens with one attached hydrogen (secondary N) is 1. The molecule has 0 saturated heterocycles. The molecule has 3 rings (SSSR count). The minimum atomic E-state index is -0.612. The third-order valence-corrected chi connectivity index (χ3v) is 4.48. The van der Waals surface area contributed by atoms with Gasteiger partial charge >= 0.3 is 0 Å². The molecular formula is C21H24N2O4. The summed E-state index contributed by atoms with van der Waals surface area (Å²) in [7, 11) is 1.72. The number of amides is 2. The van der Waals surface area contributed by atoms with Crippen LogP contribution in [0, 0.1) is 5.41 Å². The summed E-state index contributed by atoms with van der Waals surface area (Å²) in [5.74, 6) is 1.08. The monoisotopic (exact) mass is 368 g/mol. The molecule has 0 unspecified atom stereocenters. The first-order valence-electron chi connectivity index (χ1n) is 8.91. The average Bonchev–Trinajstić information content (AvgIpc) is 2.73. The first-order chi connectivity index (χ1) is 12.8. The van der Waals surface area contributed by atoms with E-state index in [1.807, 2.05) is 20.8 Å². The van der Waals surface area contributed by atoms with Crippen molar-refractivity contribution in [2.75, 3.05) is 30.5 Å². The van der Waals surface area contributed by atoms with Crippen LogP contribution in [0.25, 0.3) is 0 Å². The van der Waals surface area contributed by atoms with Crippen molar-refractivity contribution in [1.82, 2.24) is 0 Å². The van der Waals surface area contributed by atoms with Gasteiger partial charge in [-0.15, -0.1) is 0 Å². The standard InChI is InChI=1S/C21H24N2O4/c1-5-26-16-9-6-14(7-10-16)19(24)22-15-8-11-18-17(12-15)23(4)20(25)21(2,3)13-27-18/h6-12H,5,13H2,1-4H3,(H,22,24). The molecule has 1 N–H and O–H groups in total. The molecule has 0 bridgehead atoms. The van der Waals surface area contributed by atoms with E-state index in [0.717, 1.165) is 5.75 Å². The summed E-state index contributed by atoms with van der Waals surface area (Å²) >= 11 is 0.